The van der Waals surface area contributed by atoms with E-state index in [0.29, 0.717) is 16.9 Å². The highest BCUT2D eigenvalue weighted by molar-refractivity contribution is 7.93. The molecule has 0 radical (unpaired) electrons. The summed E-state index contributed by atoms with van der Waals surface area (Å²) < 4.78 is 36.8. The molecule has 2 aromatic rings. The van der Waals surface area contributed by atoms with E-state index in [0.717, 1.165) is 0 Å². The van der Waals surface area contributed by atoms with Crippen molar-refractivity contribution in [3.8, 4) is 5.75 Å². The van der Waals surface area contributed by atoms with Crippen molar-refractivity contribution in [2.75, 3.05) is 13.7 Å². The van der Waals surface area contributed by atoms with Gasteiger partial charge in [-0.25, -0.2) is 18.7 Å². The Kier molecular flexibility index (Phi) is 7.77. The number of methoxy groups -OCH3 is 1. The molecule has 0 heterocycles. The molecule has 0 bridgehead atoms. The predicted octanol–water partition coefficient (Wildman–Crippen LogP) is 1.75. The van der Waals surface area contributed by atoms with Crippen LogP contribution in [0, 0.1) is 6.92 Å². The first kappa shape index (κ1) is 24.3. The molecule has 0 saturated heterocycles. The van der Waals surface area contributed by atoms with E-state index >= 15 is 0 Å². The molecule has 0 aliphatic rings. The third kappa shape index (κ3) is 4.87. The SMILES string of the molecule is CCOC(=O)C(N)(CCc1c(C)cccc1C(=O)NO)S(=O)(=O)c1ccc(OC)cc1. The van der Waals surface area contributed by atoms with Crippen LogP contribution in [0.3, 0.4) is 0 Å². The third-order valence-corrected chi connectivity index (χ3v) is 7.20. The smallest absolute Gasteiger partial charge is 0.342 e. The second kappa shape index (κ2) is 9.90. The lowest BCUT2D eigenvalue weighted by Crippen LogP contribution is -2.55. The second-order valence-electron chi connectivity index (χ2n) is 6.83. The molecule has 1 atom stereocenters. The van der Waals surface area contributed by atoms with Crippen LogP contribution in [0.15, 0.2) is 47.4 Å². The van der Waals surface area contributed by atoms with Crippen molar-refractivity contribution in [1.82, 2.24) is 5.48 Å². The van der Waals surface area contributed by atoms with E-state index in [1.807, 2.05) is 0 Å². The molecule has 0 saturated carbocycles. The average molecular weight is 451 g/mol. The van der Waals surface area contributed by atoms with Crippen LogP contribution >= 0.6 is 0 Å². The Balaban J connectivity index is 2.50. The number of aryl methyl sites for hydroxylation is 1. The average Bonchev–Trinajstić information content (AvgIpc) is 2.77. The van der Waals surface area contributed by atoms with Gasteiger partial charge in [-0.3, -0.25) is 10.0 Å². The van der Waals surface area contributed by atoms with Gasteiger partial charge in [0.15, 0.2) is 0 Å². The number of carbonyl (C=O) groups is 2. The summed E-state index contributed by atoms with van der Waals surface area (Å²) in [7, 11) is -2.93. The minimum absolute atomic E-state index is 0.0277. The minimum Gasteiger partial charge on any atom is -0.497 e. The zero-order valence-electron chi connectivity index (χ0n) is 17.5. The van der Waals surface area contributed by atoms with Crippen LogP contribution in [-0.2, 0) is 25.8 Å². The summed E-state index contributed by atoms with van der Waals surface area (Å²) in [4.78, 5) is 22.2. The zero-order chi connectivity index (χ0) is 23.2. The van der Waals surface area contributed by atoms with Gasteiger partial charge in [-0.2, -0.15) is 0 Å². The molecule has 4 N–H and O–H groups in total. The van der Waals surface area contributed by atoms with Gasteiger partial charge < -0.3 is 15.2 Å². The predicted molar refractivity (Wildman–Crippen MR) is 112 cm³/mol. The van der Waals surface area contributed by atoms with Gasteiger partial charge in [0.2, 0.25) is 14.7 Å². The molecule has 9 nitrogen and oxygen atoms in total. The van der Waals surface area contributed by atoms with E-state index in [9.17, 15) is 18.0 Å². The van der Waals surface area contributed by atoms with Gasteiger partial charge in [0.05, 0.1) is 18.6 Å². The molecule has 168 valence electrons. The fourth-order valence-electron chi connectivity index (χ4n) is 3.18. The monoisotopic (exact) mass is 450 g/mol. The quantitative estimate of drug-likeness (QED) is 0.298. The third-order valence-electron chi connectivity index (χ3n) is 4.97. The Morgan fingerprint density at radius 3 is 2.35 bits per heavy atom. The van der Waals surface area contributed by atoms with Crippen LogP contribution < -0.4 is 16.0 Å². The standard InChI is InChI=1S/C21H26N2O7S/c1-4-30-20(25)21(22,31(27,28)16-10-8-15(29-3)9-11-16)13-12-17-14(2)6-5-7-18(17)19(24)23-26/h5-11,26H,4,12-13,22H2,1-3H3,(H,23,24). The Labute approximate surface area is 181 Å². The van der Waals surface area contributed by atoms with E-state index in [4.69, 9.17) is 20.4 Å². The number of carbonyl (C=O) groups excluding carboxylic acids is 2. The number of hydrogen-bond acceptors (Lipinski definition) is 8. The number of esters is 1. The molecule has 0 fully saturated rings. The lowest BCUT2D eigenvalue weighted by atomic mass is 9.95. The second-order valence-corrected chi connectivity index (χ2v) is 9.04. The summed E-state index contributed by atoms with van der Waals surface area (Å²) in [6, 6.07) is 10.3. The summed E-state index contributed by atoms with van der Waals surface area (Å²) in [5.41, 5.74) is 9.07. The summed E-state index contributed by atoms with van der Waals surface area (Å²) >= 11 is 0. The van der Waals surface area contributed by atoms with Crippen molar-refractivity contribution in [3.63, 3.8) is 0 Å². The van der Waals surface area contributed by atoms with Crippen LogP contribution in [0.1, 0.15) is 34.8 Å². The molecule has 0 aliphatic carbocycles. The maximum Gasteiger partial charge on any atom is 0.342 e. The number of hydroxylamine groups is 1. The molecule has 1 unspecified atom stereocenters. The molecule has 10 heteroatoms. The first-order valence-corrected chi connectivity index (χ1v) is 11.0. The molecule has 2 aromatic carbocycles. The van der Waals surface area contributed by atoms with Crippen LogP contribution in [-0.4, -0.2) is 44.1 Å². The first-order valence-electron chi connectivity index (χ1n) is 9.50. The van der Waals surface area contributed by atoms with Crippen LogP contribution in [0.5, 0.6) is 5.75 Å². The number of sulfone groups is 1. The van der Waals surface area contributed by atoms with Gasteiger partial charge in [-0.05, 0) is 68.1 Å². The largest absolute Gasteiger partial charge is 0.497 e. The number of nitrogens with one attached hydrogen (secondary N) is 1. The minimum atomic E-state index is -4.37. The number of rotatable bonds is 9. The molecule has 1 amide bonds. The number of nitrogens with two attached hydrogens (primary N) is 1. The van der Waals surface area contributed by atoms with E-state index < -0.39 is 26.6 Å². The van der Waals surface area contributed by atoms with Gasteiger partial charge in [-0.15, -0.1) is 0 Å². The number of hydrogen-bond donors (Lipinski definition) is 3. The molecule has 0 aliphatic heterocycles. The lowest BCUT2D eigenvalue weighted by molar-refractivity contribution is -0.146. The normalized spacial score (nSPS) is 13.2. The first-order chi connectivity index (χ1) is 14.6. The van der Waals surface area contributed by atoms with E-state index in [2.05, 4.69) is 0 Å². The van der Waals surface area contributed by atoms with Crippen molar-refractivity contribution in [3.05, 3.63) is 59.2 Å². The van der Waals surface area contributed by atoms with Gasteiger partial charge in [-0.1, -0.05) is 12.1 Å². The van der Waals surface area contributed by atoms with Crippen LogP contribution in [0.4, 0.5) is 0 Å². The molecule has 31 heavy (non-hydrogen) atoms. The Bertz CT molecular complexity index is 1050. The summed E-state index contributed by atoms with van der Waals surface area (Å²) in [5.74, 6) is -1.40. The number of benzene rings is 2. The highest BCUT2D eigenvalue weighted by atomic mass is 32.2. The summed E-state index contributed by atoms with van der Waals surface area (Å²) in [6.07, 6.45) is -0.378. The van der Waals surface area contributed by atoms with Gasteiger partial charge in [0, 0.05) is 5.56 Å². The molecular formula is C21H26N2O7S. The Morgan fingerprint density at radius 1 is 1.16 bits per heavy atom. The molecule has 2 rings (SSSR count). The summed E-state index contributed by atoms with van der Waals surface area (Å²) in [5, 5.41) is 9.01. The topological polar surface area (TPSA) is 145 Å². The van der Waals surface area contributed by atoms with Crippen molar-refractivity contribution in [1.29, 1.82) is 0 Å². The fraction of sp³-hybridized carbons (Fsp3) is 0.333. The summed E-state index contributed by atoms with van der Waals surface area (Å²) in [6.45, 7) is 3.21. The number of ether oxygens (including phenoxy) is 2. The molecule has 0 aromatic heterocycles. The van der Waals surface area contributed by atoms with Crippen molar-refractivity contribution < 1.29 is 32.7 Å². The van der Waals surface area contributed by atoms with Gasteiger partial charge in [0.25, 0.3) is 5.91 Å². The zero-order valence-corrected chi connectivity index (χ0v) is 18.4. The number of amides is 1. The van der Waals surface area contributed by atoms with Crippen molar-refractivity contribution in [2.24, 2.45) is 5.73 Å². The lowest BCUT2D eigenvalue weighted by Gasteiger charge is -2.27. The van der Waals surface area contributed by atoms with E-state index in [1.165, 1.54) is 37.4 Å². The molecular weight excluding hydrogens is 424 g/mol. The van der Waals surface area contributed by atoms with Crippen LogP contribution in [0.2, 0.25) is 0 Å². The fourth-order valence-corrected chi connectivity index (χ4v) is 4.75. The van der Waals surface area contributed by atoms with Crippen LogP contribution in [0.25, 0.3) is 0 Å². The highest BCUT2D eigenvalue weighted by Gasteiger charge is 2.49. The maximum absolute atomic E-state index is 13.4. The van der Waals surface area contributed by atoms with E-state index in [1.54, 1.807) is 31.5 Å². The Hall–Kier alpha value is -2.95. The van der Waals surface area contributed by atoms with E-state index in [-0.39, 0.29) is 29.9 Å². The molecule has 0 spiro atoms. The highest BCUT2D eigenvalue weighted by Crippen LogP contribution is 2.30. The van der Waals surface area contributed by atoms with Crippen molar-refractivity contribution >= 4 is 21.7 Å². The Morgan fingerprint density at radius 2 is 1.81 bits per heavy atom. The van der Waals surface area contributed by atoms with Gasteiger partial charge >= 0.3 is 5.97 Å². The van der Waals surface area contributed by atoms with Gasteiger partial charge in [0.1, 0.15) is 5.75 Å². The maximum atomic E-state index is 13.4. The van der Waals surface area contributed by atoms with Crippen molar-refractivity contribution in [2.45, 2.75) is 36.5 Å².